The minimum absolute atomic E-state index is 0.199. The van der Waals surface area contributed by atoms with Crippen LogP contribution in [0, 0.1) is 0 Å². The highest BCUT2D eigenvalue weighted by Gasteiger charge is 2.13. The molecule has 0 radical (unpaired) electrons. The van der Waals surface area contributed by atoms with E-state index in [1.165, 1.54) is 0 Å². The van der Waals surface area contributed by atoms with Crippen LogP contribution in [0.3, 0.4) is 0 Å². The third-order valence-electron chi connectivity index (χ3n) is 2.32. The molecule has 1 aromatic carbocycles. The van der Waals surface area contributed by atoms with Gasteiger partial charge in [0, 0.05) is 6.54 Å². The maximum Gasteiger partial charge on any atom is 0.396 e. The Bertz CT molecular complexity index is 400. The van der Waals surface area contributed by atoms with Gasteiger partial charge in [-0.3, -0.25) is 4.79 Å². The lowest BCUT2D eigenvalue weighted by molar-refractivity contribution is -0.154. The van der Waals surface area contributed by atoms with E-state index in [2.05, 4.69) is 10.1 Å². The summed E-state index contributed by atoms with van der Waals surface area (Å²) in [4.78, 5) is 22.2. The number of hydrogen-bond donors (Lipinski definition) is 1. The highest BCUT2D eigenvalue weighted by Crippen LogP contribution is 2.11. The van der Waals surface area contributed by atoms with Crippen LogP contribution in [-0.4, -0.2) is 32.1 Å². The van der Waals surface area contributed by atoms with Crippen molar-refractivity contribution in [3.05, 3.63) is 29.8 Å². The molecule has 5 heteroatoms. The Hall–Kier alpha value is -2.04. The van der Waals surface area contributed by atoms with Crippen LogP contribution in [0.2, 0.25) is 0 Å². The number of benzene rings is 1. The molecule has 0 atom stereocenters. The van der Waals surface area contributed by atoms with Gasteiger partial charge in [0.15, 0.2) is 0 Å². The van der Waals surface area contributed by atoms with Gasteiger partial charge < -0.3 is 14.8 Å². The van der Waals surface area contributed by atoms with Crippen molar-refractivity contribution in [1.29, 1.82) is 0 Å². The molecule has 18 heavy (non-hydrogen) atoms. The van der Waals surface area contributed by atoms with Gasteiger partial charge >= 0.3 is 11.9 Å². The molecular formula is C13H17NO4. The average molecular weight is 251 g/mol. The lowest BCUT2D eigenvalue weighted by Gasteiger charge is -2.05. The fraction of sp³-hybridized carbons (Fsp3) is 0.385. The molecule has 0 aliphatic carbocycles. The minimum Gasteiger partial charge on any atom is -0.497 e. The molecule has 0 bridgehead atoms. The van der Waals surface area contributed by atoms with Crippen LogP contribution in [0.25, 0.3) is 0 Å². The maximum absolute atomic E-state index is 11.2. The van der Waals surface area contributed by atoms with Gasteiger partial charge in [-0.05, 0) is 31.0 Å². The van der Waals surface area contributed by atoms with Crippen LogP contribution in [-0.2, 0) is 20.7 Å². The van der Waals surface area contributed by atoms with Crippen LogP contribution in [0.4, 0.5) is 0 Å². The fourth-order valence-electron chi connectivity index (χ4n) is 1.38. The average Bonchev–Trinajstić information content (AvgIpc) is 2.39. The van der Waals surface area contributed by atoms with Crippen LogP contribution < -0.4 is 10.1 Å². The SMILES string of the molecule is CCOC(=O)C(=O)NCCc1ccc(OC)cc1. The van der Waals surface area contributed by atoms with Crippen molar-refractivity contribution >= 4 is 11.9 Å². The van der Waals surface area contributed by atoms with Crippen molar-refractivity contribution in [1.82, 2.24) is 5.32 Å². The molecule has 0 saturated carbocycles. The van der Waals surface area contributed by atoms with Gasteiger partial charge in [-0.1, -0.05) is 12.1 Å². The van der Waals surface area contributed by atoms with Crippen molar-refractivity contribution in [2.24, 2.45) is 0 Å². The number of methoxy groups -OCH3 is 1. The summed E-state index contributed by atoms with van der Waals surface area (Å²) in [5.74, 6) is -0.757. The molecule has 0 unspecified atom stereocenters. The van der Waals surface area contributed by atoms with Gasteiger partial charge in [0.2, 0.25) is 0 Å². The molecule has 0 aliphatic heterocycles. The quantitative estimate of drug-likeness (QED) is 0.624. The van der Waals surface area contributed by atoms with E-state index in [1.54, 1.807) is 14.0 Å². The number of ether oxygens (including phenoxy) is 2. The first-order chi connectivity index (χ1) is 8.67. The summed E-state index contributed by atoms with van der Waals surface area (Å²) in [6.45, 7) is 2.25. The number of esters is 1. The minimum atomic E-state index is -0.841. The second-order valence-corrected chi connectivity index (χ2v) is 3.57. The first kappa shape index (κ1) is 14.0. The van der Waals surface area contributed by atoms with E-state index < -0.39 is 11.9 Å². The predicted octanol–water partition coefficient (Wildman–Crippen LogP) is 0.917. The van der Waals surface area contributed by atoms with Crippen LogP contribution in [0.5, 0.6) is 5.75 Å². The zero-order chi connectivity index (χ0) is 13.4. The fourth-order valence-corrected chi connectivity index (χ4v) is 1.38. The van der Waals surface area contributed by atoms with Gasteiger partial charge in [-0.2, -0.15) is 0 Å². The number of amides is 1. The van der Waals surface area contributed by atoms with Crippen molar-refractivity contribution in [2.45, 2.75) is 13.3 Å². The molecule has 98 valence electrons. The molecule has 0 saturated heterocycles. The molecule has 0 spiro atoms. The first-order valence-corrected chi connectivity index (χ1v) is 5.75. The van der Waals surface area contributed by atoms with E-state index >= 15 is 0 Å². The summed E-state index contributed by atoms with van der Waals surface area (Å²) in [6.07, 6.45) is 0.648. The maximum atomic E-state index is 11.2. The number of rotatable bonds is 5. The van der Waals surface area contributed by atoms with E-state index in [0.717, 1.165) is 11.3 Å². The van der Waals surface area contributed by atoms with Crippen molar-refractivity contribution in [2.75, 3.05) is 20.3 Å². The number of hydrogen-bond acceptors (Lipinski definition) is 4. The number of carbonyl (C=O) groups is 2. The Balaban J connectivity index is 2.32. The van der Waals surface area contributed by atoms with Crippen molar-refractivity contribution in [3.63, 3.8) is 0 Å². The summed E-state index contributed by atoms with van der Waals surface area (Å²) in [5, 5.41) is 2.50. The van der Waals surface area contributed by atoms with Crippen LogP contribution >= 0.6 is 0 Å². The van der Waals surface area contributed by atoms with E-state index in [4.69, 9.17) is 4.74 Å². The summed E-state index contributed by atoms with van der Waals surface area (Å²) >= 11 is 0. The zero-order valence-corrected chi connectivity index (χ0v) is 10.6. The smallest absolute Gasteiger partial charge is 0.396 e. The Kier molecular flexibility index (Phi) is 5.70. The Morgan fingerprint density at radius 2 is 1.89 bits per heavy atom. The molecule has 0 heterocycles. The largest absolute Gasteiger partial charge is 0.497 e. The summed E-state index contributed by atoms with van der Waals surface area (Å²) in [5.41, 5.74) is 1.06. The van der Waals surface area contributed by atoms with Crippen molar-refractivity contribution in [3.8, 4) is 5.75 Å². The number of nitrogens with one attached hydrogen (secondary N) is 1. The highest BCUT2D eigenvalue weighted by molar-refractivity contribution is 6.32. The molecule has 1 N–H and O–H groups in total. The normalized spacial score (nSPS) is 9.67. The Morgan fingerprint density at radius 3 is 2.44 bits per heavy atom. The first-order valence-electron chi connectivity index (χ1n) is 5.75. The molecule has 0 aliphatic rings. The van der Waals surface area contributed by atoms with Crippen LogP contribution in [0.15, 0.2) is 24.3 Å². The van der Waals surface area contributed by atoms with Gasteiger partial charge in [0.1, 0.15) is 5.75 Å². The van der Waals surface area contributed by atoms with E-state index in [9.17, 15) is 9.59 Å². The third kappa shape index (κ3) is 4.45. The predicted molar refractivity (Wildman–Crippen MR) is 66.3 cm³/mol. The third-order valence-corrected chi connectivity index (χ3v) is 2.32. The summed E-state index contributed by atoms with van der Waals surface area (Å²) in [7, 11) is 1.61. The molecule has 0 fully saturated rings. The van der Waals surface area contributed by atoms with Gasteiger partial charge in [-0.25, -0.2) is 4.79 Å². The lowest BCUT2D eigenvalue weighted by atomic mass is 10.1. The summed E-state index contributed by atoms with van der Waals surface area (Å²) < 4.78 is 9.61. The van der Waals surface area contributed by atoms with Crippen molar-refractivity contribution < 1.29 is 19.1 Å². The molecule has 1 rings (SSSR count). The zero-order valence-electron chi connectivity index (χ0n) is 10.6. The second-order valence-electron chi connectivity index (χ2n) is 3.57. The topological polar surface area (TPSA) is 64.6 Å². The molecule has 5 nitrogen and oxygen atoms in total. The van der Waals surface area contributed by atoms with E-state index in [1.807, 2.05) is 24.3 Å². The van der Waals surface area contributed by atoms with E-state index in [0.29, 0.717) is 13.0 Å². The standard InChI is InChI=1S/C13H17NO4/c1-3-18-13(16)12(15)14-9-8-10-4-6-11(17-2)7-5-10/h4-7H,3,8-9H2,1-2H3,(H,14,15). The number of carbonyl (C=O) groups excluding carboxylic acids is 2. The van der Waals surface area contributed by atoms with Gasteiger partial charge in [0.05, 0.1) is 13.7 Å². The van der Waals surface area contributed by atoms with Gasteiger partial charge in [-0.15, -0.1) is 0 Å². The monoisotopic (exact) mass is 251 g/mol. The Morgan fingerprint density at radius 1 is 1.22 bits per heavy atom. The molecule has 0 aromatic heterocycles. The van der Waals surface area contributed by atoms with Gasteiger partial charge in [0.25, 0.3) is 0 Å². The Labute approximate surface area is 106 Å². The lowest BCUT2D eigenvalue weighted by Crippen LogP contribution is -2.33. The van der Waals surface area contributed by atoms with Crippen LogP contribution in [0.1, 0.15) is 12.5 Å². The summed E-state index contributed by atoms with van der Waals surface area (Å²) in [6, 6.07) is 7.52. The van der Waals surface area contributed by atoms with E-state index in [-0.39, 0.29) is 6.61 Å². The highest BCUT2D eigenvalue weighted by atomic mass is 16.5. The molecule has 1 aromatic rings. The molecule has 1 amide bonds. The molecular weight excluding hydrogens is 234 g/mol. The second kappa shape index (κ2) is 7.32.